The van der Waals surface area contributed by atoms with Crippen molar-refractivity contribution < 1.29 is 4.79 Å². The summed E-state index contributed by atoms with van der Waals surface area (Å²) in [6.07, 6.45) is 2.93. The lowest BCUT2D eigenvalue weighted by Gasteiger charge is -2.11. The molecule has 144 valence electrons. The van der Waals surface area contributed by atoms with Crippen molar-refractivity contribution in [3.05, 3.63) is 81.9 Å². The molecule has 0 atom stereocenters. The Bertz CT molecular complexity index is 1270. The Kier molecular flexibility index (Phi) is 4.20. The van der Waals surface area contributed by atoms with E-state index in [1.54, 1.807) is 16.8 Å². The number of carbonyl (C=O) groups excluding carboxylic acids is 1. The van der Waals surface area contributed by atoms with E-state index in [0.29, 0.717) is 16.5 Å². The quantitative estimate of drug-likeness (QED) is 0.565. The minimum atomic E-state index is -0.260. The van der Waals surface area contributed by atoms with E-state index in [1.165, 1.54) is 0 Å². The van der Waals surface area contributed by atoms with Crippen LogP contribution in [0.1, 0.15) is 23.4 Å². The van der Waals surface area contributed by atoms with Gasteiger partial charge in [-0.1, -0.05) is 36.4 Å². The molecule has 0 bridgehead atoms. The maximum absolute atomic E-state index is 12.9. The molecule has 1 aliphatic rings. The Morgan fingerprint density at radius 1 is 1.03 bits per heavy atom. The first-order valence-corrected chi connectivity index (χ1v) is 9.63. The molecule has 2 aromatic carbocycles. The molecule has 1 aliphatic carbocycles. The minimum absolute atomic E-state index is 0.0615. The van der Waals surface area contributed by atoms with E-state index in [-0.39, 0.29) is 17.9 Å². The van der Waals surface area contributed by atoms with Crippen LogP contribution in [0.25, 0.3) is 16.5 Å². The molecule has 7 heteroatoms. The van der Waals surface area contributed by atoms with Crippen molar-refractivity contribution >= 4 is 22.5 Å². The zero-order chi connectivity index (χ0) is 19.8. The van der Waals surface area contributed by atoms with Crippen LogP contribution in [0.4, 0.5) is 5.82 Å². The van der Waals surface area contributed by atoms with Crippen LogP contribution in [-0.4, -0.2) is 25.9 Å². The molecule has 2 aromatic heterocycles. The first-order chi connectivity index (χ1) is 14.2. The van der Waals surface area contributed by atoms with Gasteiger partial charge in [-0.25, -0.2) is 9.78 Å². The van der Waals surface area contributed by atoms with E-state index in [0.717, 1.165) is 42.0 Å². The molecule has 0 radical (unpaired) electrons. The number of hydrogen-bond acceptors (Lipinski definition) is 4. The number of aromatic amines is 1. The van der Waals surface area contributed by atoms with Crippen molar-refractivity contribution in [3.8, 4) is 5.69 Å². The molecule has 1 amide bonds. The number of H-pyrrole nitrogens is 1. The highest BCUT2D eigenvalue weighted by Crippen LogP contribution is 2.31. The summed E-state index contributed by atoms with van der Waals surface area (Å²) in [4.78, 5) is 24.9. The van der Waals surface area contributed by atoms with Crippen molar-refractivity contribution in [2.45, 2.75) is 25.7 Å². The van der Waals surface area contributed by atoms with Gasteiger partial charge in [-0.2, -0.15) is 10.2 Å². The molecule has 0 aliphatic heterocycles. The van der Waals surface area contributed by atoms with Crippen LogP contribution < -0.4 is 10.9 Å². The van der Waals surface area contributed by atoms with Gasteiger partial charge in [0.25, 0.3) is 5.56 Å². The van der Waals surface area contributed by atoms with Crippen molar-refractivity contribution in [1.82, 2.24) is 20.0 Å². The summed E-state index contributed by atoms with van der Waals surface area (Å²) in [5.74, 6) is 0.531. The minimum Gasteiger partial charge on any atom is -0.310 e. The molecule has 7 nitrogen and oxygen atoms in total. The van der Waals surface area contributed by atoms with E-state index in [2.05, 4.69) is 15.5 Å². The van der Waals surface area contributed by atoms with Crippen molar-refractivity contribution in [2.24, 2.45) is 0 Å². The molecule has 0 saturated heterocycles. The number of anilines is 1. The molecule has 2 N–H and O–H groups in total. The molecular formula is C22H19N5O2. The summed E-state index contributed by atoms with van der Waals surface area (Å²) in [7, 11) is 0. The number of aromatic nitrogens is 4. The van der Waals surface area contributed by atoms with E-state index >= 15 is 0 Å². The lowest BCUT2D eigenvalue weighted by atomic mass is 10.1. The highest BCUT2D eigenvalue weighted by molar-refractivity contribution is 5.95. The average Bonchev–Trinajstić information content (AvgIpc) is 3.34. The predicted octanol–water partition coefficient (Wildman–Crippen LogP) is 2.78. The van der Waals surface area contributed by atoms with Crippen LogP contribution >= 0.6 is 0 Å². The topological polar surface area (TPSA) is 92.7 Å². The normalized spacial score (nSPS) is 12.8. The van der Waals surface area contributed by atoms with Gasteiger partial charge in [0.15, 0.2) is 0 Å². The summed E-state index contributed by atoms with van der Waals surface area (Å²) in [6, 6.07) is 17.0. The molecule has 29 heavy (non-hydrogen) atoms. The average molecular weight is 385 g/mol. The smallest absolute Gasteiger partial charge is 0.272 e. The number of rotatable bonds is 4. The lowest BCUT2D eigenvalue weighted by molar-refractivity contribution is -0.115. The second-order valence-corrected chi connectivity index (χ2v) is 7.14. The van der Waals surface area contributed by atoms with Gasteiger partial charge in [-0.15, -0.1) is 0 Å². The first-order valence-electron chi connectivity index (χ1n) is 9.63. The van der Waals surface area contributed by atoms with Crippen LogP contribution in [0, 0.1) is 0 Å². The molecule has 0 spiro atoms. The predicted molar refractivity (Wildman–Crippen MR) is 110 cm³/mol. The van der Waals surface area contributed by atoms with E-state index in [9.17, 15) is 9.59 Å². The first kappa shape index (κ1) is 17.4. The fraction of sp³-hybridized carbons (Fsp3) is 0.182. The largest absolute Gasteiger partial charge is 0.310 e. The molecule has 5 rings (SSSR count). The highest BCUT2D eigenvalue weighted by Gasteiger charge is 2.24. The van der Waals surface area contributed by atoms with Gasteiger partial charge in [0.2, 0.25) is 5.91 Å². The molecule has 0 fully saturated rings. The Labute approximate surface area is 166 Å². The summed E-state index contributed by atoms with van der Waals surface area (Å²) in [5, 5.41) is 15.6. The van der Waals surface area contributed by atoms with E-state index in [4.69, 9.17) is 5.10 Å². The maximum atomic E-state index is 12.9. The summed E-state index contributed by atoms with van der Waals surface area (Å²) < 4.78 is 1.81. The monoisotopic (exact) mass is 385 g/mol. The van der Waals surface area contributed by atoms with E-state index < -0.39 is 0 Å². The Balaban J connectivity index is 1.48. The third-order valence-corrected chi connectivity index (χ3v) is 5.27. The number of nitrogens with one attached hydrogen (secondary N) is 2. The number of benzene rings is 2. The Hall–Kier alpha value is -3.74. The standard InChI is InChI=1S/C22H19N5O2/c28-20(13-19-15-9-4-5-10-16(15)22(29)25-24-19)23-21-17-11-6-12-18(17)26-27(21)14-7-2-1-3-8-14/h1-5,7-10H,6,11-13H2,(H,23,28)(H,25,29). The molecular weight excluding hydrogens is 366 g/mol. The van der Waals surface area contributed by atoms with Crippen LogP contribution in [0.2, 0.25) is 0 Å². The van der Waals surface area contributed by atoms with Crippen LogP contribution in [0.5, 0.6) is 0 Å². The van der Waals surface area contributed by atoms with Crippen molar-refractivity contribution in [1.29, 1.82) is 0 Å². The van der Waals surface area contributed by atoms with E-state index in [1.807, 2.05) is 42.5 Å². The highest BCUT2D eigenvalue weighted by atomic mass is 16.1. The molecule has 0 saturated carbocycles. The van der Waals surface area contributed by atoms with Gasteiger partial charge in [-0.3, -0.25) is 9.59 Å². The van der Waals surface area contributed by atoms with Gasteiger partial charge in [0, 0.05) is 10.9 Å². The van der Waals surface area contributed by atoms with Crippen LogP contribution in [-0.2, 0) is 24.1 Å². The summed E-state index contributed by atoms with van der Waals surface area (Å²) in [5.41, 5.74) is 3.33. The fourth-order valence-electron chi connectivity index (χ4n) is 3.91. The van der Waals surface area contributed by atoms with Crippen molar-refractivity contribution in [3.63, 3.8) is 0 Å². The molecule has 2 heterocycles. The number of fused-ring (bicyclic) bond motifs is 2. The molecule has 4 aromatic rings. The summed E-state index contributed by atoms with van der Waals surface area (Å²) in [6.45, 7) is 0. The maximum Gasteiger partial charge on any atom is 0.272 e. The second kappa shape index (κ2) is 7.01. The second-order valence-electron chi connectivity index (χ2n) is 7.14. The fourth-order valence-corrected chi connectivity index (χ4v) is 3.91. The SMILES string of the molecule is O=C(Cc1n[nH]c(=O)c2ccccc12)Nc1c2c(nn1-c1ccccc1)CCC2. The molecule has 0 unspecified atom stereocenters. The third kappa shape index (κ3) is 3.10. The van der Waals surface area contributed by atoms with Crippen LogP contribution in [0.3, 0.4) is 0 Å². The third-order valence-electron chi connectivity index (χ3n) is 5.27. The zero-order valence-electron chi connectivity index (χ0n) is 15.7. The number of para-hydroxylation sites is 1. The van der Waals surface area contributed by atoms with Gasteiger partial charge in [0.05, 0.1) is 28.9 Å². The summed E-state index contributed by atoms with van der Waals surface area (Å²) >= 11 is 0. The van der Waals surface area contributed by atoms with Gasteiger partial charge in [0.1, 0.15) is 5.82 Å². The van der Waals surface area contributed by atoms with Gasteiger partial charge < -0.3 is 5.32 Å². The number of amides is 1. The van der Waals surface area contributed by atoms with Gasteiger partial charge >= 0.3 is 0 Å². The number of nitrogens with zero attached hydrogens (tertiary/aromatic N) is 3. The van der Waals surface area contributed by atoms with Gasteiger partial charge in [-0.05, 0) is 37.5 Å². The zero-order valence-corrected chi connectivity index (χ0v) is 15.7. The lowest BCUT2D eigenvalue weighted by Crippen LogP contribution is -2.20. The number of carbonyl (C=O) groups is 1. The Morgan fingerprint density at radius 3 is 2.62 bits per heavy atom. The number of hydrogen-bond donors (Lipinski definition) is 2. The Morgan fingerprint density at radius 2 is 1.79 bits per heavy atom. The van der Waals surface area contributed by atoms with Crippen LogP contribution in [0.15, 0.2) is 59.4 Å². The van der Waals surface area contributed by atoms with Crippen molar-refractivity contribution in [2.75, 3.05) is 5.32 Å². The number of aryl methyl sites for hydroxylation is 1.